The highest BCUT2D eigenvalue weighted by Crippen LogP contribution is 2.30. The summed E-state index contributed by atoms with van der Waals surface area (Å²) in [6.07, 6.45) is 2.84. The van der Waals surface area contributed by atoms with E-state index >= 15 is 0 Å². The molecular weight excluding hydrogens is 322 g/mol. The van der Waals surface area contributed by atoms with E-state index in [1.54, 1.807) is 5.51 Å². The van der Waals surface area contributed by atoms with Crippen molar-refractivity contribution in [2.24, 2.45) is 4.99 Å². The fraction of sp³-hybridized carbons (Fsp3) is 0. The van der Waals surface area contributed by atoms with Crippen LogP contribution in [0.25, 0.3) is 0 Å². The number of nitro benzene ring substituents is 1. The maximum Gasteiger partial charge on any atom is 0.263 e. The van der Waals surface area contributed by atoms with Crippen molar-refractivity contribution in [1.29, 1.82) is 0 Å². The Hall–Kier alpha value is -1.80. The molecule has 6 nitrogen and oxygen atoms in total. The van der Waals surface area contributed by atoms with Gasteiger partial charge in [-0.15, -0.1) is 11.3 Å². The van der Waals surface area contributed by atoms with Crippen LogP contribution in [0.3, 0.4) is 0 Å². The molecule has 0 unspecified atom stereocenters. The van der Waals surface area contributed by atoms with Crippen LogP contribution in [0.4, 0.5) is 10.7 Å². The first-order valence-corrected chi connectivity index (χ1v) is 6.32. The van der Waals surface area contributed by atoms with E-state index < -0.39 is 16.4 Å². The molecule has 0 radical (unpaired) electrons. The molecule has 0 amide bonds. The van der Waals surface area contributed by atoms with Crippen LogP contribution in [0, 0.1) is 10.1 Å². The topological polar surface area (TPSA) is 91.5 Å². The lowest BCUT2D eigenvalue weighted by Crippen LogP contribution is -2.02. The number of thiazole rings is 1. The normalized spacial score (nSPS) is 10.9. The molecule has 0 N–H and O–H groups in total. The molecule has 0 aliphatic carbocycles. The Bertz CT molecular complexity index is 613. The molecule has 0 saturated carbocycles. The smallest absolute Gasteiger partial charge is 0.263 e. The molecule has 0 fully saturated rings. The third-order valence-corrected chi connectivity index (χ3v) is 3.15. The van der Waals surface area contributed by atoms with Gasteiger partial charge < -0.3 is 5.11 Å². The number of halogens is 1. The highest BCUT2D eigenvalue weighted by Gasteiger charge is 2.10. The Balaban J connectivity index is 2.42. The number of aromatic nitrogens is 1. The molecular formula is C10H5BrN3O3S-. The van der Waals surface area contributed by atoms with E-state index in [2.05, 4.69) is 25.9 Å². The lowest BCUT2D eigenvalue weighted by atomic mass is 10.2. The van der Waals surface area contributed by atoms with Gasteiger partial charge in [0.1, 0.15) is 5.00 Å². The van der Waals surface area contributed by atoms with Crippen LogP contribution in [-0.2, 0) is 0 Å². The molecule has 2 rings (SSSR count). The van der Waals surface area contributed by atoms with Gasteiger partial charge in [-0.1, -0.05) is 15.9 Å². The minimum atomic E-state index is -0.711. The van der Waals surface area contributed by atoms with Crippen LogP contribution in [0.1, 0.15) is 5.56 Å². The van der Waals surface area contributed by atoms with Gasteiger partial charge in [-0.05, 0) is 17.4 Å². The molecule has 1 aromatic carbocycles. The molecule has 1 heterocycles. The minimum absolute atomic E-state index is 0.157. The molecule has 2 aromatic rings. The Kier molecular flexibility index (Phi) is 3.68. The highest BCUT2D eigenvalue weighted by molar-refractivity contribution is 9.10. The predicted molar refractivity (Wildman–Crippen MR) is 69.6 cm³/mol. The number of hydrogen-bond acceptors (Lipinski definition) is 6. The lowest BCUT2D eigenvalue weighted by Gasteiger charge is -2.10. The van der Waals surface area contributed by atoms with Gasteiger partial charge in [-0.25, -0.2) is 4.99 Å². The molecule has 92 valence electrons. The van der Waals surface area contributed by atoms with E-state index in [0.29, 0.717) is 9.47 Å². The molecule has 1 aromatic heterocycles. The van der Waals surface area contributed by atoms with E-state index in [1.165, 1.54) is 35.9 Å². The number of nitrogens with zero attached hydrogens (tertiary/aromatic N) is 3. The second-order valence-corrected chi connectivity index (χ2v) is 4.98. The average Bonchev–Trinajstić information content (AvgIpc) is 2.82. The molecule has 18 heavy (non-hydrogen) atoms. The van der Waals surface area contributed by atoms with E-state index in [0.717, 1.165) is 0 Å². The summed E-state index contributed by atoms with van der Waals surface area (Å²) in [6.45, 7) is 0. The monoisotopic (exact) mass is 326 g/mol. The van der Waals surface area contributed by atoms with Gasteiger partial charge >= 0.3 is 0 Å². The van der Waals surface area contributed by atoms with Crippen molar-refractivity contribution in [2.45, 2.75) is 0 Å². The average molecular weight is 327 g/mol. The standard InChI is InChI=1S/C10H6BrN3O3S/c11-7-1-6(3-13-9-4-12-5-18-9)10(15)8(2-7)14(16)17/h1-5,15H/p-1. The first kappa shape index (κ1) is 12.7. The number of rotatable bonds is 3. The van der Waals surface area contributed by atoms with Crippen LogP contribution in [0.5, 0.6) is 5.75 Å². The van der Waals surface area contributed by atoms with Gasteiger partial charge in [0.15, 0.2) is 0 Å². The summed E-state index contributed by atoms with van der Waals surface area (Å²) in [7, 11) is 0. The third kappa shape index (κ3) is 2.71. The number of benzene rings is 1. The van der Waals surface area contributed by atoms with E-state index in [9.17, 15) is 15.2 Å². The SMILES string of the molecule is O=[N+]([O-])c1cc(Br)cc(C=Nc2cncs2)c1[O-]. The molecule has 0 atom stereocenters. The quantitative estimate of drug-likeness (QED) is 0.492. The van der Waals surface area contributed by atoms with Gasteiger partial charge in [0.2, 0.25) is 0 Å². The van der Waals surface area contributed by atoms with Crippen molar-refractivity contribution < 1.29 is 10.0 Å². The van der Waals surface area contributed by atoms with Gasteiger partial charge in [0, 0.05) is 16.8 Å². The van der Waals surface area contributed by atoms with Crippen molar-refractivity contribution >= 4 is 44.2 Å². The largest absolute Gasteiger partial charge is 0.867 e. The summed E-state index contributed by atoms with van der Waals surface area (Å²) in [6, 6.07) is 2.66. The fourth-order valence-corrected chi connectivity index (χ4v) is 2.17. The number of hydrogen-bond donors (Lipinski definition) is 0. The third-order valence-electron chi connectivity index (χ3n) is 2.01. The van der Waals surface area contributed by atoms with Crippen LogP contribution in [0.2, 0.25) is 0 Å². The molecule has 0 saturated heterocycles. The van der Waals surface area contributed by atoms with Crippen molar-refractivity contribution in [3.63, 3.8) is 0 Å². The van der Waals surface area contributed by atoms with Crippen LogP contribution < -0.4 is 5.11 Å². The Morgan fingerprint density at radius 2 is 2.28 bits per heavy atom. The van der Waals surface area contributed by atoms with Crippen molar-refractivity contribution in [2.75, 3.05) is 0 Å². The van der Waals surface area contributed by atoms with Crippen molar-refractivity contribution in [3.8, 4) is 5.75 Å². The summed E-state index contributed by atoms with van der Waals surface area (Å²) in [5, 5.41) is 23.1. The van der Waals surface area contributed by atoms with Gasteiger partial charge in [-0.3, -0.25) is 15.1 Å². The molecule has 0 spiro atoms. The van der Waals surface area contributed by atoms with Crippen LogP contribution in [-0.4, -0.2) is 16.1 Å². The maximum atomic E-state index is 11.8. The summed E-state index contributed by atoms with van der Waals surface area (Å²) in [5.41, 5.74) is 1.29. The van der Waals surface area contributed by atoms with Gasteiger partial charge in [0.05, 0.1) is 16.6 Å². The van der Waals surface area contributed by atoms with Crippen molar-refractivity contribution in [1.82, 2.24) is 4.98 Å². The second-order valence-electron chi connectivity index (χ2n) is 3.20. The highest BCUT2D eigenvalue weighted by atomic mass is 79.9. The molecule has 8 heteroatoms. The Labute approximate surface area is 114 Å². The summed E-state index contributed by atoms with van der Waals surface area (Å²) < 4.78 is 0.458. The molecule has 0 bridgehead atoms. The first-order valence-electron chi connectivity index (χ1n) is 4.65. The molecule has 0 aliphatic heterocycles. The maximum absolute atomic E-state index is 11.8. The van der Waals surface area contributed by atoms with Crippen LogP contribution in [0.15, 0.2) is 33.3 Å². The zero-order valence-electron chi connectivity index (χ0n) is 8.74. The zero-order chi connectivity index (χ0) is 13.1. The minimum Gasteiger partial charge on any atom is -0.867 e. The fourth-order valence-electron chi connectivity index (χ4n) is 1.24. The van der Waals surface area contributed by atoms with E-state index in [4.69, 9.17) is 0 Å². The number of aliphatic imine (C=N–C) groups is 1. The lowest BCUT2D eigenvalue weighted by molar-refractivity contribution is -0.398. The summed E-state index contributed by atoms with van der Waals surface area (Å²) >= 11 is 4.43. The van der Waals surface area contributed by atoms with Gasteiger partial charge in [-0.2, -0.15) is 0 Å². The van der Waals surface area contributed by atoms with E-state index in [1.807, 2.05) is 0 Å². The van der Waals surface area contributed by atoms with Crippen molar-refractivity contribution in [3.05, 3.63) is 44.0 Å². The van der Waals surface area contributed by atoms with E-state index in [-0.39, 0.29) is 5.56 Å². The van der Waals surface area contributed by atoms with Crippen LogP contribution >= 0.6 is 27.3 Å². The second kappa shape index (κ2) is 5.23. The zero-order valence-corrected chi connectivity index (χ0v) is 11.1. The Morgan fingerprint density at radius 1 is 1.50 bits per heavy atom. The Morgan fingerprint density at radius 3 is 2.89 bits per heavy atom. The summed E-state index contributed by atoms with van der Waals surface area (Å²) in [5.74, 6) is -0.656. The predicted octanol–water partition coefficient (Wildman–Crippen LogP) is 2.64. The summed E-state index contributed by atoms with van der Waals surface area (Å²) in [4.78, 5) is 17.8. The molecule has 0 aliphatic rings. The number of nitro groups is 1. The van der Waals surface area contributed by atoms with Gasteiger partial charge in [0.25, 0.3) is 5.69 Å². The first-order chi connectivity index (χ1) is 8.58.